The van der Waals surface area contributed by atoms with E-state index in [2.05, 4.69) is 16.8 Å². The molecule has 1 rings (SSSR count). The minimum absolute atomic E-state index is 0.177. The first-order chi connectivity index (χ1) is 7.69. The lowest BCUT2D eigenvalue weighted by Gasteiger charge is -2.19. The molecule has 4 nitrogen and oxygen atoms in total. The lowest BCUT2D eigenvalue weighted by Crippen LogP contribution is -2.26. The van der Waals surface area contributed by atoms with Crippen LogP contribution in [0, 0.1) is 6.92 Å². The summed E-state index contributed by atoms with van der Waals surface area (Å²) >= 11 is 0. The lowest BCUT2D eigenvalue weighted by atomic mass is 10.2. The van der Waals surface area contributed by atoms with Gasteiger partial charge in [0.15, 0.2) is 0 Å². The van der Waals surface area contributed by atoms with Crippen LogP contribution in [-0.4, -0.2) is 41.8 Å². The number of nitrogens with zero attached hydrogens (tertiary/aromatic N) is 2. The van der Waals surface area contributed by atoms with Gasteiger partial charge >= 0.3 is 0 Å². The molecule has 0 aliphatic rings. The van der Waals surface area contributed by atoms with Crippen molar-refractivity contribution in [2.24, 2.45) is 0 Å². The fourth-order valence-corrected chi connectivity index (χ4v) is 1.62. The third-order valence-electron chi connectivity index (χ3n) is 2.46. The lowest BCUT2D eigenvalue weighted by molar-refractivity contribution is 0.195. The number of aliphatic hydroxyl groups is 1. The highest BCUT2D eigenvalue weighted by molar-refractivity contribution is 5.26. The first-order valence-electron chi connectivity index (χ1n) is 5.54. The zero-order valence-corrected chi connectivity index (χ0v) is 10.2. The van der Waals surface area contributed by atoms with Crippen molar-refractivity contribution in [2.45, 2.75) is 20.4 Å². The fourth-order valence-electron chi connectivity index (χ4n) is 1.62. The number of ether oxygens (including phenoxy) is 1. The van der Waals surface area contributed by atoms with Crippen LogP contribution in [0.25, 0.3) is 0 Å². The van der Waals surface area contributed by atoms with E-state index in [1.165, 1.54) is 0 Å². The van der Waals surface area contributed by atoms with Gasteiger partial charge < -0.3 is 9.84 Å². The molecule has 0 spiro atoms. The predicted molar refractivity (Wildman–Crippen MR) is 63.6 cm³/mol. The Morgan fingerprint density at radius 3 is 2.75 bits per heavy atom. The van der Waals surface area contributed by atoms with E-state index in [4.69, 9.17) is 9.84 Å². The third-order valence-corrected chi connectivity index (χ3v) is 2.46. The van der Waals surface area contributed by atoms with Crippen LogP contribution in [0.15, 0.2) is 12.1 Å². The molecule has 0 fully saturated rings. The van der Waals surface area contributed by atoms with Gasteiger partial charge in [0.1, 0.15) is 5.75 Å². The predicted octanol–water partition coefficient (Wildman–Crippen LogP) is 1.21. The van der Waals surface area contributed by atoms with Gasteiger partial charge in [-0.15, -0.1) is 0 Å². The van der Waals surface area contributed by atoms with Crippen molar-refractivity contribution in [3.63, 3.8) is 0 Å². The van der Waals surface area contributed by atoms with Crippen molar-refractivity contribution in [3.8, 4) is 5.75 Å². The number of hydrogen-bond acceptors (Lipinski definition) is 4. The van der Waals surface area contributed by atoms with E-state index in [1.54, 1.807) is 7.11 Å². The minimum atomic E-state index is 0.177. The quantitative estimate of drug-likeness (QED) is 0.789. The van der Waals surface area contributed by atoms with Gasteiger partial charge in [0.25, 0.3) is 0 Å². The molecule has 0 unspecified atom stereocenters. The summed E-state index contributed by atoms with van der Waals surface area (Å²) in [6.45, 7) is 6.52. The summed E-state index contributed by atoms with van der Waals surface area (Å²) in [6.07, 6.45) is 0. The summed E-state index contributed by atoms with van der Waals surface area (Å²) < 4.78 is 5.20. The molecule has 0 saturated carbocycles. The Balaban J connectivity index is 2.74. The van der Waals surface area contributed by atoms with Gasteiger partial charge in [0, 0.05) is 30.9 Å². The molecule has 1 N–H and O–H groups in total. The summed E-state index contributed by atoms with van der Waals surface area (Å²) in [6, 6.07) is 3.85. The van der Waals surface area contributed by atoms with Crippen molar-refractivity contribution >= 4 is 0 Å². The Kier molecular flexibility index (Phi) is 5.22. The average Bonchev–Trinajstić information content (AvgIpc) is 2.27. The maximum Gasteiger partial charge on any atom is 0.122 e. The van der Waals surface area contributed by atoms with E-state index in [-0.39, 0.29) is 6.61 Å². The Hall–Kier alpha value is -1.13. The molecular weight excluding hydrogens is 204 g/mol. The van der Waals surface area contributed by atoms with E-state index in [0.717, 1.165) is 30.2 Å². The number of likely N-dealkylation sites (N-methyl/N-ethyl adjacent to an activating group) is 1. The first-order valence-corrected chi connectivity index (χ1v) is 5.54. The monoisotopic (exact) mass is 224 g/mol. The number of aryl methyl sites for hydroxylation is 1. The van der Waals surface area contributed by atoms with Crippen molar-refractivity contribution in [2.75, 3.05) is 26.8 Å². The van der Waals surface area contributed by atoms with Crippen LogP contribution >= 0.6 is 0 Å². The van der Waals surface area contributed by atoms with Crippen LogP contribution in [0.1, 0.15) is 18.3 Å². The van der Waals surface area contributed by atoms with Crippen LogP contribution in [0.2, 0.25) is 0 Å². The van der Waals surface area contributed by atoms with Crippen LogP contribution < -0.4 is 4.74 Å². The van der Waals surface area contributed by atoms with Crippen molar-refractivity contribution in [1.82, 2.24) is 9.88 Å². The van der Waals surface area contributed by atoms with Gasteiger partial charge in [0.05, 0.1) is 19.4 Å². The molecule has 90 valence electrons. The van der Waals surface area contributed by atoms with Crippen LogP contribution in [0.5, 0.6) is 5.75 Å². The molecule has 0 aromatic carbocycles. The molecule has 0 radical (unpaired) electrons. The summed E-state index contributed by atoms with van der Waals surface area (Å²) in [5.41, 5.74) is 1.93. The highest BCUT2D eigenvalue weighted by Gasteiger charge is 2.06. The normalized spacial score (nSPS) is 10.8. The number of pyridine rings is 1. The second-order valence-corrected chi connectivity index (χ2v) is 3.73. The smallest absolute Gasteiger partial charge is 0.122 e. The van der Waals surface area contributed by atoms with Gasteiger partial charge in [-0.2, -0.15) is 0 Å². The fraction of sp³-hybridized carbons (Fsp3) is 0.583. The number of methoxy groups -OCH3 is 1. The molecule has 1 aromatic heterocycles. The number of aliphatic hydroxyl groups excluding tert-OH is 1. The largest absolute Gasteiger partial charge is 0.497 e. The van der Waals surface area contributed by atoms with Crippen LogP contribution in [-0.2, 0) is 6.54 Å². The summed E-state index contributed by atoms with van der Waals surface area (Å²) in [5, 5.41) is 8.91. The molecule has 1 aromatic rings. The zero-order chi connectivity index (χ0) is 12.0. The molecule has 0 amide bonds. The number of aromatic nitrogens is 1. The Labute approximate surface area is 96.9 Å². The highest BCUT2D eigenvalue weighted by Crippen LogP contribution is 2.14. The zero-order valence-electron chi connectivity index (χ0n) is 10.2. The summed E-state index contributed by atoms with van der Waals surface area (Å²) in [7, 11) is 1.66. The van der Waals surface area contributed by atoms with Gasteiger partial charge in [-0.3, -0.25) is 9.88 Å². The average molecular weight is 224 g/mol. The van der Waals surface area contributed by atoms with E-state index in [1.807, 2.05) is 19.1 Å². The van der Waals surface area contributed by atoms with Gasteiger partial charge in [-0.25, -0.2) is 0 Å². The SMILES string of the molecule is CCN(CCO)Cc1cc(OC)cc(C)n1. The molecule has 4 heteroatoms. The first kappa shape index (κ1) is 12.9. The van der Waals surface area contributed by atoms with Gasteiger partial charge in [0.2, 0.25) is 0 Å². The maximum atomic E-state index is 8.91. The summed E-state index contributed by atoms with van der Waals surface area (Å²) in [4.78, 5) is 6.59. The Bertz CT molecular complexity index is 329. The second kappa shape index (κ2) is 6.45. The molecule has 0 aliphatic heterocycles. The van der Waals surface area contributed by atoms with Crippen LogP contribution in [0.3, 0.4) is 0 Å². The van der Waals surface area contributed by atoms with Crippen molar-refractivity contribution < 1.29 is 9.84 Å². The van der Waals surface area contributed by atoms with E-state index < -0.39 is 0 Å². The summed E-state index contributed by atoms with van der Waals surface area (Å²) in [5.74, 6) is 0.836. The molecule has 0 bridgehead atoms. The van der Waals surface area contributed by atoms with Gasteiger partial charge in [-0.05, 0) is 13.5 Å². The van der Waals surface area contributed by atoms with Crippen LogP contribution in [0.4, 0.5) is 0 Å². The standard InChI is InChI=1S/C12H20N2O2/c1-4-14(5-6-15)9-11-8-12(16-3)7-10(2)13-11/h7-8,15H,4-6,9H2,1-3H3. The molecule has 0 saturated heterocycles. The Morgan fingerprint density at radius 1 is 1.44 bits per heavy atom. The van der Waals surface area contributed by atoms with Gasteiger partial charge in [-0.1, -0.05) is 6.92 Å². The maximum absolute atomic E-state index is 8.91. The van der Waals surface area contributed by atoms with Crippen molar-refractivity contribution in [1.29, 1.82) is 0 Å². The number of hydrogen-bond donors (Lipinski definition) is 1. The Morgan fingerprint density at radius 2 is 2.19 bits per heavy atom. The molecule has 0 aliphatic carbocycles. The minimum Gasteiger partial charge on any atom is -0.497 e. The molecule has 0 atom stereocenters. The van der Waals surface area contributed by atoms with Crippen molar-refractivity contribution in [3.05, 3.63) is 23.5 Å². The van der Waals surface area contributed by atoms with E-state index in [0.29, 0.717) is 6.54 Å². The molecule has 1 heterocycles. The second-order valence-electron chi connectivity index (χ2n) is 3.73. The molecule has 16 heavy (non-hydrogen) atoms. The number of rotatable bonds is 6. The molecular formula is C12H20N2O2. The third kappa shape index (κ3) is 3.79. The highest BCUT2D eigenvalue weighted by atomic mass is 16.5. The van der Waals surface area contributed by atoms with E-state index in [9.17, 15) is 0 Å². The topological polar surface area (TPSA) is 45.6 Å². The van der Waals surface area contributed by atoms with E-state index >= 15 is 0 Å².